The molecule has 2 heterocycles. The summed E-state index contributed by atoms with van der Waals surface area (Å²) in [7, 11) is 0. The van der Waals surface area contributed by atoms with Gasteiger partial charge in [-0.2, -0.15) is 0 Å². The quantitative estimate of drug-likeness (QED) is 0.390. The molecule has 1 fully saturated rings. The average Bonchev–Trinajstić information content (AvgIpc) is 3.37. The van der Waals surface area contributed by atoms with Gasteiger partial charge in [0.1, 0.15) is 17.4 Å². The number of carbonyl (C=O) groups excluding carboxylic acids is 1. The highest BCUT2D eigenvalue weighted by molar-refractivity contribution is 7.13. The fraction of sp³-hybridized carbons (Fsp3) is 0.296. The topological polar surface area (TPSA) is 90.1 Å². The molecule has 2 aromatic carbocycles. The Morgan fingerprint density at radius 2 is 2.03 bits per heavy atom. The van der Waals surface area contributed by atoms with Crippen LogP contribution >= 0.6 is 11.3 Å². The van der Waals surface area contributed by atoms with Crippen LogP contribution in [0.15, 0.2) is 54.0 Å². The molecule has 0 radical (unpaired) electrons. The Morgan fingerprint density at radius 3 is 2.74 bits per heavy atom. The van der Waals surface area contributed by atoms with E-state index < -0.39 is 5.54 Å². The second kappa shape index (κ2) is 8.81. The van der Waals surface area contributed by atoms with Gasteiger partial charge in [-0.05, 0) is 75.1 Å². The van der Waals surface area contributed by atoms with Crippen molar-refractivity contribution in [2.45, 2.75) is 45.2 Å². The summed E-state index contributed by atoms with van der Waals surface area (Å²) in [5, 5.41) is 7.33. The van der Waals surface area contributed by atoms with E-state index in [2.05, 4.69) is 28.5 Å². The van der Waals surface area contributed by atoms with Crippen molar-refractivity contribution >= 4 is 28.1 Å². The van der Waals surface area contributed by atoms with E-state index in [1.807, 2.05) is 50.5 Å². The number of thiazole rings is 1. The number of nitrogens with two attached hydrogens (primary N) is 1. The standard InChI is InChI=1S/C27H28N4O2S/c1-16-4-6-20(33-15-17(2)28)14-22(16)25(32)31-27(8-9-27)23-12-19(26-29-10-11-34-26)13-24-21(23)7-5-18(3)30-24/h4-7,10-14,17H,8-9,15,28H2,1-3H3,(H,31,32)/t17-/m0/s1. The van der Waals surface area contributed by atoms with Crippen LogP contribution in [0.3, 0.4) is 0 Å². The Hall–Kier alpha value is -3.29. The van der Waals surface area contributed by atoms with Crippen LogP contribution in [-0.4, -0.2) is 28.5 Å². The highest BCUT2D eigenvalue weighted by atomic mass is 32.1. The summed E-state index contributed by atoms with van der Waals surface area (Å²) in [5.41, 5.74) is 10.9. The molecule has 0 unspecified atom stereocenters. The van der Waals surface area contributed by atoms with Gasteiger partial charge in [0.05, 0.1) is 11.1 Å². The lowest BCUT2D eigenvalue weighted by molar-refractivity contribution is 0.0930. The van der Waals surface area contributed by atoms with E-state index in [1.165, 1.54) is 0 Å². The SMILES string of the molecule is Cc1ccc2c(C3(NC(=O)c4cc(OC[C@H](C)N)ccc4C)CC3)cc(-c3nccs3)cc2n1. The van der Waals surface area contributed by atoms with Gasteiger partial charge in [0.25, 0.3) is 5.91 Å². The fourth-order valence-electron chi connectivity index (χ4n) is 4.26. The lowest BCUT2D eigenvalue weighted by Gasteiger charge is -2.22. The number of pyridine rings is 1. The maximum atomic E-state index is 13.5. The minimum absolute atomic E-state index is 0.0797. The molecule has 1 saturated carbocycles. The van der Waals surface area contributed by atoms with Crippen molar-refractivity contribution in [1.82, 2.24) is 15.3 Å². The van der Waals surface area contributed by atoms with Gasteiger partial charge in [-0.1, -0.05) is 12.1 Å². The number of carbonyl (C=O) groups is 1. The van der Waals surface area contributed by atoms with E-state index in [4.69, 9.17) is 15.5 Å². The van der Waals surface area contributed by atoms with Crippen molar-refractivity contribution in [3.05, 3.63) is 76.4 Å². The van der Waals surface area contributed by atoms with E-state index >= 15 is 0 Å². The average molecular weight is 473 g/mol. The van der Waals surface area contributed by atoms with Crippen molar-refractivity contribution < 1.29 is 9.53 Å². The number of aryl methyl sites for hydroxylation is 2. The molecule has 4 aromatic rings. The fourth-order valence-corrected chi connectivity index (χ4v) is 4.88. The largest absolute Gasteiger partial charge is 0.492 e. The number of rotatable bonds is 7. The number of aromatic nitrogens is 2. The van der Waals surface area contributed by atoms with Gasteiger partial charge in [0.2, 0.25) is 0 Å². The first kappa shape index (κ1) is 22.5. The second-order valence-electron chi connectivity index (χ2n) is 9.18. The molecule has 174 valence electrons. The first-order chi connectivity index (χ1) is 16.3. The number of amides is 1. The number of hydrogen-bond donors (Lipinski definition) is 2. The van der Waals surface area contributed by atoms with Gasteiger partial charge in [-0.15, -0.1) is 11.3 Å². The zero-order valence-corrected chi connectivity index (χ0v) is 20.4. The number of ether oxygens (including phenoxy) is 1. The maximum absolute atomic E-state index is 13.5. The molecule has 5 rings (SSSR count). The zero-order valence-electron chi connectivity index (χ0n) is 19.6. The third kappa shape index (κ3) is 4.41. The molecule has 1 atom stereocenters. The highest BCUT2D eigenvalue weighted by Gasteiger charge is 2.47. The molecule has 0 bridgehead atoms. The summed E-state index contributed by atoms with van der Waals surface area (Å²) in [5.74, 6) is 0.544. The molecule has 6 nitrogen and oxygen atoms in total. The molecule has 7 heteroatoms. The van der Waals surface area contributed by atoms with Crippen LogP contribution < -0.4 is 15.8 Å². The van der Waals surface area contributed by atoms with Crippen LogP contribution in [0, 0.1) is 13.8 Å². The third-order valence-electron chi connectivity index (χ3n) is 6.21. The van der Waals surface area contributed by atoms with Crippen molar-refractivity contribution in [3.8, 4) is 16.3 Å². The van der Waals surface area contributed by atoms with E-state index in [0.29, 0.717) is 17.9 Å². The van der Waals surface area contributed by atoms with Gasteiger partial charge < -0.3 is 15.8 Å². The molecule has 0 spiro atoms. The summed E-state index contributed by atoms with van der Waals surface area (Å²) in [4.78, 5) is 22.8. The lowest BCUT2D eigenvalue weighted by Crippen LogP contribution is -2.35. The predicted octanol–water partition coefficient (Wildman–Crippen LogP) is 5.12. The van der Waals surface area contributed by atoms with Crippen LogP contribution in [0.25, 0.3) is 21.5 Å². The number of benzene rings is 2. The normalized spacial score (nSPS) is 15.2. The summed E-state index contributed by atoms with van der Waals surface area (Å²) in [6.07, 6.45) is 3.57. The van der Waals surface area contributed by atoms with Gasteiger partial charge in [-0.25, -0.2) is 4.98 Å². The highest BCUT2D eigenvalue weighted by Crippen LogP contribution is 2.49. The molecule has 34 heavy (non-hydrogen) atoms. The van der Waals surface area contributed by atoms with Crippen LogP contribution in [0.4, 0.5) is 0 Å². The summed E-state index contributed by atoms with van der Waals surface area (Å²) in [6, 6.07) is 13.9. The lowest BCUT2D eigenvalue weighted by atomic mass is 9.95. The summed E-state index contributed by atoms with van der Waals surface area (Å²) >= 11 is 1.60. The van der Waals surface area contributed by atoms with Crippen molar-refractivity contribution in [2.24, 2.45) is 5.73 Å². The summed E-state index contributed by atoms with van der Waals surface area (Å²) < 4.78 is 5.75. The Morgan fingerprint density at radius 1 is 1.21 bits per heavy atom. The maximum Gasteiger partial charge on any atom is 0.252 e. The molecule has 3 N–H and O–H groups in total. The first-order valence-electron chi connectivity index (χ1n) is 11.5. The Balaban J connectivity index is 1.51. The molecular formula is C27H28N4O2S. The van der Waals surface area contributed by atoms with E-state index in [0.717, 1.165) is 51.1 Å². The minimum atomic E-state index is -0.422. The molecule has 1 aliphatic rings. The number of hydrogen-bond acceptors (Lipinski definition) is 6. The van der Waals surface area contributed by atoms with Crippen LogP contribution in [0.1, 0.15) is 46.9 Å². The van der Waals surface area contributed by atoms with Crippen molar-refractivity contribution in [1.29, 1.82) is 0 Å². The van der Waals surface area contributed by atoms with E-state index in [9.17, 15) is 4.79 Å². The van der Waals surface area contributed by atoms with Gasteiger partial charge >= 0.3 is 0 Å². The Labute approximate surface area is 203 Å². The first-order valence-corrected chi connectivity index (χ1v) is 12.4. The third-order valence-corrected chi connectivity index (χ3v) is 7.03. The minimum Gasteiger partial charge on any atom is -0.492 e. The zero-order chi connectivity index (χ0) is 23.9. The van der Waals surface area contributed by atoms with Gasteiger partial charge in [0, 0.05) is 39.8 Å². The number of nitrogens with one attached hydrogen (secondary N) is 1. The van der Waals surface area contributed by atoms with Crippen LogP contribution in [0.2, 0.25) is 0 Å². The second-order valence-corrected chi connectivity index (χ2v) is 10.1. The van der Waals surface area contributed by atoms with Gasteiger partial charge in [-0.3, -0.25) is 9.78 Å². The molecular weight excluding hydrogens is 444 g/mol. The Kier molecular flexibility index (Phi) is 5.83. The van der Waals surface area contributed by atoms with Crippen LogP contribution in [0.5, 0.6) is 5.75 Å². The smallest absolute Gasteiger partial charge is 0.252 e. The Bertz CT molecular complexity index is 1360. The predicted molar refractivity (Wildman–Crippen MR) is 136 cm³/mol. The molecule has 0 aliphatic heterocycles. The molecule has 1 aliphatic carbocycles. The van der Waals surface area contributed by atoms with Crippen molar-refractivity contribution in [2.75, 3.05) is 6.61 Å². The van der Waals surface area contributed by atoms with E-state index in [1.54, 1.807) is 17.4 Å². The van der Waals surface area contributed by atoms with E-state index in [-0.39, 0.29) is 11.9 Å². The molecule has 0 saturated heterocycles. The summed E-state index contributed by atoms with van der Waals surface area (Å²) in [6.45, 7) is 6.22. The van der Waals surface area contributed by atoms with Crippen molar-refractivity contribution in [3.63, 3.8) is 0 Å². The van der Waals surface area contributed by atoms with Gasteiger partial charge in [0.15, 0.2) is 0 Å². The molecule has 2 aromatic heterocycles. The monoisotopic (exact) mass is 472 g/mol. The number of nitrogens with zero attached hydrogens (tertiary/aromatic N) is 2. The number of fused-ring (bicyclic) bond motifs is 1. The molecule has 1 amide bonds. The van der Waals surface area contributed by atoms with Crippen LogP contribution in [-0.2, 0) is 5.54 Å².